The summed E-state index contributed by atoms with van der Waals surface area (Å²) in [7, 11) is 0. The van der Waals surface area contributed by atoms with Crippen LogP contribution in [-0.2, 0) is 0 Å². The Labute approximate surface area is 86.6 Å². The minimum Gasteiger partial charge on any atom is -0.505 e. The van der Waals surface area contributed by atoms with Crippen LogP contribution >= 0.6 is 22.6 Å². The number of nitrogens with zero attached hydrogens (tertiary/aromatic N) is 1. The van der Waals surface area contributed by atoms with Gasteiger partial charge >= 0.3 is 0 Å². The van der Waals surface area contributed by atoms with Crippen LogP contribution in [0.3, 0.4) is 0 Å². The molecule has 0 aromatic heterocycles. The summed E-state index contributed by atoms with van der Waals surface area (Å²) in [5.74, 6) is -2.82. The highest BCUT2D eigenvalue weighted by Crippen LogP contribution is 2.46. The van der Waals surface area contributed by atoms with Crippen LogP contribution in [0.25, 0.3) is 0 Å². The van der Waals surface area contributed by atoms with Crippen molar-refractivity contribution in [2.45, 2.75) is 0 Å². The molecular weight excluding hydrogens is 289 g/mol. The van der Waals surface area contributed by atoms with E-state index in [1.54, 1.807) is 0 Å². The van der Waals surface area contributed by atoms with Crippen LogP contribution in [0.5, 0.6) is 23.0 Å². The van der Waals surface area contributed by atoms with E-state index in [9.17, 15) is 5.11 Å². The van der Waals surface area contributed by atoms with Gasteiger partial charge in [-0.15, -0.1) is 0 Å². The topological polar surface area (TPSA) is 105 Å². The van der Waals surface area contributed by atoms with Gasteiger partial charge in [0.25, 0.3) is 0 Å². The smallest absolute Gasteiger partial charge is 0.203 e. The minimum absolute atomic E-state index is 0.0792. The van der Waals surface area contributed by atoms with Gasteiger partial charge in [-0.1, -0.05) is 0 Å². The van der Waals surface area contributed by atoms with E-state index in [-0.39, 0.29) is 3.57 Å². The molecule has 0 heterocycles. The predicted octanol–water partition coefficient (Wildman–Crippen LogP) is 0.985. The molecule has 1 aromatic carbocycles. The Bertz CT molecular complexity index is 381. The molecule has 6 heteroatoms. The molecule has 0 saturated carbocycles. The van der Waals surface area contributed by atoms with Gasteiger partial charge in [0.2, 0.25) is 5.75 Å². The number of rotatable bonds is 0. The molecule has 5 nitrogen and oxygen atoms in total. The standard InChI is InChI=1S/C7H4INO4/c8-3-4(10)2(1-9)5(11)7(13)6(3)12/h10-13H. The molecule has 4 N–H and O–H groups in total. The highest BCUT2D eigenvalue weighted by Gasteiger charge is 2.21. The van der Waals surface area contributed by atoms with Gasteiger partial charge in [-0.2, -0.15) is 5.26 Å². The van der Waals surface area contributed by atoms with Crippen LogP contribution in [0.4, 0.5) is 0 Å². The summed E-state index contributed by atoms with van der Waals surface area (Å²) in [4.78, 5) is 0. The van der Waals surface area contributed by atoms with E-state index >= 15 is 0 Å². The van der Waals surface area contributed by atoms with Crippen molar-refractivity contribution < 1.29 is 20.4 Å². The van der Waals surface area contributed by atoms with Crippen molar-refractivity contribution in [1.29, 1.82) is 5.26 Å². The number of halogens is 1. The third kappa shape index (κ3) is 1.31. The fraction of sp³-hybridized carbons (Fsp3) is 0. The minimum atomic E-state index is -0.821. The summed E-state index contributed by atoms with van der Waals surface area (Å²) in [6.07, 6.45) is 0. The van der Waals surface area contributed by atoms with Crippen molar-refractivity contribution in [3.63, 3.8) is 0 Å². The molecule has 0 saturated heterocycles. The lowest BCUT2D eigenvalue weighted by atomic mass is 10.1. The lowest BCUT2D eigenvalue weighted by Crippen LogP contribution is -1.85. The van der Waals surface area contributed by atoms with Crippen LogP contribution in [0.1, 0.15) is 5.56 Å². The summed E-state index contributed by atoms with van der Waals surface area (Å²) in [6.45, 7) is 0. The molecule has 0 radical (unpaired) electrons. The Morgan fingerprint density at radius 3 is 1.92 bits per heavy atom. The van der Waals surface area contributed by atoms with Gasteiger partial charge in [-0.25, -0.2) is 0 Å². The quantitative estimate of drug-likeness (QED) is 0.324. The van der Waals surface area contributed by atoms with Crippen molar-refractivity contribution >= 4 is 22.6 Å². The second-order valence-electron chi connectivity index (χ2n) is 2.20. The Hall–Kier alpha value is -1.36. The molecule has 1 aromatic rings. The van der Waals surface area contributed by atoms with E-state index in [1.807, 2.05) is 0 Å². The maximum Gasteiger partial charge on any atom is 0.203 e. The number of nitriles is 1. The first kappa shape index (κ1) is 9.73. The molecule has 68 valence electrons. The lowest BCUT2D eigenvalue weighted by Gasteiger charge is -2.06. The fourth-order valence-electron chi connectivity index (χ4n) is 0.774. The molecular formula is C7H4INO4. The highest BCUT2D eigenvalue weighted by atomic mass is 127. The summed E-state index contributed by atoms with van der Waals surface area (Å²) in [5.41, 5.74) is -0.459. The van der Waals surface area contributed by atoms with Crippen molar-refractivity contribution in [2.24, 2.45) is 0 Å². The van der Waals surface area contributed by atoms with Crippen molar-refractivity contribution in [1.82, 2.24) is 0 Å². The second kappa shape index (κ2) is 3.18. The Morgan fingerprint density at radius 2 is 1.46 bits per heavy atom. The second-order valence-corrected chi connectivity index (χ2v) is 3.27. The van der Waals surface area contributed by atoms with Crippen molar-refractivity contribution in [3.8, 4) is 29.1 Å². The normalized spacial score (nSPS) is 9.54. The van der Waals surface area contributed by atoms with E-state index in [2.05, 4.69) is 0 Å². The first-order chi connectivity index (χ1) is 6.00. The van der Waals surface area contributed by atoms with Crippen LogP contribution in [0.2, 0.25) is 0 Å². The molecule has 0 fully saturated rings. The monoisotopic (exact) mass is 293 g/mol. The Kier molecular flexibility index (Phi) is 2.38. The molecule has 0 bridgehead atoms. The molecule has 0 spiro atoms. The first-order valence-corrected chi connectivity index (χ1v) is 4.14. The average molecular weight is 293 g/mol. The van der Waals surface area contributed by atoms with E-state index in [0.29, 0.717) is 0 Å². The zero-order valence-corrected chi connectivity index (χ0v) is 8.27. The maximum absolute atomic E-state index is 9.22. The predicted molar refractivity (Wildman–Crippen MR) is 50.5 cm³/mol. The third-order valence-electron chi connectivity index (χ3n) is 1.45. The molecule has 0 aliphatic rings. The number of phenolic OH excluding ortho intramolecular Hbond substituents is 4. The van der Waals surface area contributed by atoms with Gasteiger partial charge in [0, 0.05) is 0 Å². The third-order valence-corrected chi connectivity index (χ3v) is 2.47. The Balaban J connectivity index is 3.69. The van der Waals surface area contributed by atoms with Crippen molar-refractivity contribution in [3.05, 3.63) is 9.13 Å². The molecule has 0 atom stereocenters. The summed E-state index contributed by atoms with van der Waals surface area (Å²) < 4.78 is -0.0792. The highest BCUT2D eigenvalue weighted by molar-refractivity contribution is 14.1. The van der Waals surface area contributed by atoms with Gasteiger partial charge in [0.05, 0.1) is 0 Å². The van der Waals surface area contributed by atoms with E-state index < -0.39 is 28.6 Å². The van der Waals surface area contributed by atoms with Gasteiger partial charge in [-0.3, -0.25) is 0 Å². The molecule has 0 aliphatic carbocycles. The molecule has 0 unspecified atom stereocenters. The van der Waals surface area contributed by atoms with Crippen LogP contribution in [-0.4, -0.2) is 20.4 Å². The molecule has 13 heavy (non-hydrogen) atoms. The Morgan fingerprint density at radius 1 is 0.923 bits per heavy atom. The number of aromatic hydroxyl groups is 4. The molecule has 1 rings (SSSR count). The summed E-state index contributed by atoms with van der Waals surface area (Å²) >= 11 is 1.54. The van der Waals surface area contributed by atoms with Gasteiger partial charge in [0.15, 0.2) is 17.2 Å². The van der Waals surface area contributed by atoms with Crippen LogP contribution in [0.15, 0.2) is 0 Å². The lowest BCUT2D eigenvalue weighted by molar-refractivity contribution is 0.357. The van der Waals surface area contributed by atoms with Gasteiger partial charge < -0.3 is 20.4 Å². The SMILES string of the molecule is N#Cc1c(O)c(O)c(O)c(I)c1O. The molecule has 0 amide bonds. The van der Waals surface area contributed by atoms with Crippen LogP contribution in [0, 0.1) is 14.9 Å². The fourth-order valence-corrected chi connectivity index (χ4v) is 1.30. The zero-order valence-electron chi connectivity index (χ0n) is 6.11. The number of benzene rings is 1. The van der Waals surface area contributed by atoms with E-state index in [1.165, 1.54) is 28.7 Å². The maximum atomic E-state index is 9.22. The summed E-state index contributed by atoms with van der Waals surface area (Å²) in [6, 6.07) is 1.50. The molecule has 0 aliphatic heterocycles. The summed E-state index contributed by atoms with van der Waals surface area (Å²) in [5, 5.41) is 44.9. The van der Waals surface area contributed by atoms with E-state index in [4.69, 9.17) is 20.6 Å². The van der Waals surface area contributed by atoms with Gasteiger partial charge in [-0.05, 0) is 22.6 Å². The largest absolute Gasteiger partial charge is 0.505 e. The number of phenols is 4. The average Bonchev–Trinajstić information content (AvgIpc) is 2.13. The number of hydrogen-bond acceptors (Lipinski definition) is 5. The first-order valence-electron chi connectivity index (χ1n) is 3.06. The van der Waals surface area contributed by atoms with Gasteiger partial charge in [0.1, 0.15) is 15.2 Å². The van der Waals surface area contributed by atoms with E-state index in [0.717, 1.165) is 0 Å². The van der Waals surface area contributed by atoms with Crippen LogP contribution < -0.4 is 0 Å². The number of hydrogen-bond donors (Lipinski definition) is 4. The zero-order chi connectivity index (χ0) is 10.2. The van der Waals surface area contributed by atoms with Crippen molar-refractivity contribution in [2.75, 3.05) is 0 Å².